The number of hydrogen-bond acceptors (Lipinski definition) is 3. The number of esters is 1. The number of rotatable bonds is 3. The van der Waals surface area contributed by atoms with Crippen LogP contribution in [0, 0.1) is 17.7 Å². The summed E-state index contributed by atoms with van der Waals surface area (Å²) in [5.41, 5.74) is -0.784. The van der Waals surface area contributed by atoms with Gasteiger partial charge in [0.05, 0.1) is 6.61 Å². The molecule has 0 aromatic carbocycles. The zero-order chi connectivity index (χ0) is 11.4. The molecule has 1 aromatic heterocycles. The van der Waals surface area contributed by atoms with Crippen LogP contribution in [0.4, 0.5) is 13.2 Å². The Labute approximate surface area is 83.9 Å². The van der Waals surface area contributed by atoms with Crippen LogP contribution in [0.25, 0.3) is 0 Å². The Morgan fingerprint density at radius 1 is 1.47 bits per heavy atom. The van der Waals surface area contributed by atoms with Gasteiger partial charge in [-0.05, 0) is 6.42 Å². The Kier molecular flexibility index (Phi) is 3.65. The topological polar surface area (TPSA) is 39.2 Å². The molecular weight excluding hydrogens is 211 g/mol. The lowest BCUT2D eigenvalue weighted by Gasteiger charge is -2.04. The fourth-order valence-electron chi connectivity index (χ4n) is 0.890. The summed E-state index contributed by atoms with van der Waals surface area (Å²) >= 11 is 0. The molecule has 1 aromatic rings. The van der Waals surface area contributed by atoms with Gasteiger partial charge in [-0.1, -0.05) is 6.92 Å². The molecule has 0 radical (unpaired) electrons. The van der Waals surface area contributed by atoms with Crippen molar-refractivity contribution in [1.29, 1.82) is 0 Å². The third kappa shape index (κ3) is 2.68. The highest BCUT2D eigenvalue weighted by Crippen LogP contribution is 2.12. The number of halogens is 3. The van der Waals surface area contributed by atoms with Crippen molar-refractivity contribution in [3.63, 3.8) is 0 Å². The Hall–Kier alpha value is -1.59. The number of ether oxygens (including phenoxy) is 1. The lowest BCUT2D eigenvalue weighted by Crippen LogP contribution is -2.11. The fraction of sp³-hybridized carbons (Fsp3) is 0.333. The average molecular weight is 219 g/mol. The van der Waals surface area contributed by atoms with E-state index in [9.17, 15) is 18.0 Å². The molecule has 0 saturated heterocycles. The van der Waals surface area contributed by atoms with Gasteiger partial charge in [0.2, 0.25) is 5.95 Å². The van der Waals surface area contributed by atoms with Crippen LogP contribution >= 0.6 is 0 Å². The van der Waals surface area contributed by atoms with Gasteiger partial charge >= 0.3 is 5.97 Å². The Bertz CT molecular complexity index is 382. The molecule has 0 unspecified atom stereocenters. The lowest BCUT2D eigenvalue weighted by molar-refractivity contribution is 0.0497. The molecule has 0 bridgehead atoms. The number of hydrogen-bond donors (Lipinski definition) is 0. The van der Waals surface area contributed by atoms with Crippen molar-refractivity contribution in [3.05, 3.63) is 29.3 Å². The van der Waals surface area contributed by atoms with Gasteiger partial charge in [-0.15, -0.1) is 0 Å². The first-order valence-corrected chi connectivity index (χ1v) is 4.25. The maximum Gasteiger partial charge on any atom is 0.341 e. The summed E-state index contributed by atoms with van der Waals surface area (Å²) in [5.74, 6) is -5.53. The predicted molar refractivity (Wildman–Crippen MR) is 44.7 cm³/mol. The highest BCUT2D eigenvalue weighted by atomic mass is 19.2. The largest absolute Gasteiger partial charge is 0.462 e. The van der Waals surface area contributed by atoms with Crippen molar-refractivity contribution in [3.8, 4) is 0 Å². The van der Waals surface area contributed by atoms with Crippen LogP contribution < -0.4 is 0 Å². The van der Waals surface area contributed by atoms with E-state index >= 15 is 0 Å². The summed E-state index contributed by atoms with van der Waals surface area (Å²) in [6.45, 7) is 1.79. The van der Waals surface area contributed by atoms with Crippen molar-refractivity contribution in [2.24, 2.45) is 0 Å². The van der Waals surface area contributed by atoms with Crippen LogP contribution in [0.3, 0.4) is 0 Å². The average Bonchev–Trinajstić information content (AvgIpc) is 2.19. The molecule has 1 rings (SSSR count). The highest BCUT2D eigenvalue weighted by molar-refractivity contribution is 5.89. The number of pyridine rings is 1. The van der Waals surface area contributed by atoms with Gasteiger partial charge in [0.1, 0.15) is 5.56 Å². The summed E-state index contributed by atoms with van der Waals surface area (Å²) < 4.78 is 42.6. The molecule has 0 fully saturated rings. The molecular formula is C9H8F3NO2. The second-order valence-electron chi connectivity index (χ2n) is 2.73. The van der Waals surface area contributed by atoms with Crippen molar-refractivity contribution < 1.29 is 22.7 Å². The highest BCUT2D eigenvalue weighted by Gasteiger charge is 2.19. The summed E-state index contributed by atoms with van der Waals surface area (Å²) in [4.78, 5) is 13.7. The van der Waals surface area contributed by atoms with E-state index in [1.807, 2.05) is 0 Å². The van der Waals surface area contributed by atoms with Crippen LogP contribution in [0.1, 0.15) is 23.7 Å². The zero-order valence-corrected chi connectivity index (χ0v) is 7.89. The minimum atomic E-state index is -1.65. The van der Waals surface area contributed by atoms with Crippen molar-refractivity contribution >= 4 is 5.97 Å². The van der Waals surface area contributed by atoms with E-state index in [-0.39, 0.29) is 6.61 Å². The Morgan fingerprint density at radius 3 is 2.73 bits per heavy atom. The third-order valence-electron chi connectivity index (χ3n) is 1.54. The minimum Gasteiger partial charge on any atom is -0.462 e. The summed E-state index contributed by atoms with van der Waals surface area (Å²) in [6, 6.07) is 0.496. The lowest BCUT2D eigenvalue weighted by atomic mass is 10.2. The third-order valence-corrected chi connectivity index (χ3v) is 1.54. The molecule has 0 saturated carbocycles. The monoisotopic (exact) mass is 219 g/mol. The number of carbonyl (C=O) groups excluding carboxylic acids is 1. The number of carbonyl (C=O) groups is 1. The maximum absolute atomic E-state index is 13.0. The molecule has 3 nitrogen and oxygen atoms in total. The van der Waals surface area contributed by atoms with Crippen LogP contribution in [-0.2, 0) is 4.74 Å². The smallest absolute Gasteiger partial charge is 0.341 e. The molecule has 6 heteroatoms. The normalized spacial score (nSPS) is 10.1. The second-order valence-corrected chi connectivity index (χ2v) is 2.73. The van der Waals surface area contributed by atoms with Crippen molar-refractivity contribution in [1.82, 2.24) is 4.98 Å². The van der Waals surface area contributed by atoms with Gasteiger partial charge in [-0.2, -0.15) is 13.8 Å². The minimum absolute atomic E-state index is 0.0594. The Morgan fingerprint density at radius 2 is 2.13 bits per heavy atom. The molecule has 0 aliphatic rings. The molecule has 0 aliphatic carbocycles. The first-order chi connectivity index (χ1) is 7.06. The molecule has 0 aliphatic heterocycles. The number of nitrogens with zero attached hydrogens (tertiary/aromatic N) is 1. The van der Waals surface area contributed by atoms with Gasteiger partial charge < -0.3 is 4.74 Å². The van der Waals surface area contributed by atoms with Gasteiger partial charge in [0, 0.05) is 6.07 Å². The summed E-state index contributed by atoms with van der Waals surface area (Å²) in [6.07, 6.45) is 0.531. The molecule has 0 spiro atoms. The first kappa shape index (κ1) is 11.5. The van der Waals surface area contributed by atoms with Gasteiger partial charge in [-0.3, -0.25) is 0 Å². The van der Waals surface area contributed by atoms with Gasteiger partial charge in [0.25, 0.3) is 5.95 Å². The zero-order valence-electron chi connectivity index (χ0n) is 7.89. The van der Waals surface area contributed by atoms with E-state index in [4.69, 9.17) is 0 Å². The quantitative estimate of drug-likeness (QED) is 0.577. The fourth-order valence-corrected chi connectivity index (χ4v) is 0.890. The standard InChI is InChI=1S/C9H8F3NO2/c1-2-3-15-9(14)5-4-6(10)13-8(12)7(5)11/h4H,2-3H2,1H3. The molecule has 15 heavy (non-hydrogen) atoms. The first-order valence-electron chi connectivity index (χ1n) is 4.25. The van der Waals surface area contributed by atoms with Crippen LogP contribution in [0.15, 0.2) is 6.07 Å². The van der Waals surface area contributed by atoms with E-state index in [1.54, 1.807) is 6.92 Å². The molecule has 0 N–H and O–H groups in total. The summed E-state index contributed by atoms with van der Waals surface area (Å²) in [7, 11) is 0. The van der Waals surface area contributed by atoms with Gasteiger partial charge in [0.15, 0.2) is 5.82 Å². The van der Waals surface area contributed by atoms with Gasteiger partial charge in [-0.25, -0.2) is 9.18 Å². The van der Waals surface area contributed by atoms with Crippen molar-refractivity contribution in [2.45, 2.75) is 13.3 Å². The summed E-state index contributed by atoms with van der Waals surface area (Å²) in [5, 5.41) is 0. The van der Waals surface area contributed by atoms with E-state index in [2.05, 4.69) is 9.72 Å². The molecule has 1 heterocycles. The van der Waals surface area contributed by atoms with Crippen LogP contribution in [0.5, 0.6) is 0 Å². The van der Waals surface area contributed by atoms with Crippen LogP contribution in [0.2, 0.25) is 0 Å². The molecule has 82 valence electrons. The number of aromatic nitrogens is 1. The van der Waals surface area contributed by atoms with E-state index in [0.29, 0.717) is 12.5 Å². The SMILES string of the molecule is CCCOC(=O)c1cc(F)nc(F)c1F. The van der Waals surface area contributed by atoms with E-state index < -0.39 is 29.2 Å². The van der Waals surface area contributed by atoms with E-state index in [0.717, 1.165) is 0 Å². The maximum atomic E-state index is 13.0. The molecule has 0 atom stereocenters. The van der Waals surface area contributed by atoms with Crippen LogP contribution in [-0.4, -0.2) is 17.6 Å². The molecule has 0 amide bonds. The van der Waals surface area contributed by atoms with Crippen molar-refractivity contribution in [2.75, 3.05) is 6.61 Å². The second kappa shape index (κ2) is 4.77. The van der Waals surface area contributed by atoms with E-state index in [1.165, 1.54) is 0 Å². The predicted octanol–water partition coefficient (Wildman–Crippen LogP) is 2.07. The Balaban J connectivity index is 2.98.